The predicted octanol–water partition coefficient (Wildman–Crippen LogP) is 0.656. The third-order valence-electron chi connectivity index (χ3n) is 2.58. The van der Waals surface area contributed by atoms with Crippen LogP contribution in [0.15, 0.2) is 24.5 Å². The molecule has 5 nitrogen and oxygen atoms in total. The third kappa shape index (κ3) is 3.80. The average molecular weight is 238 g/mol. The maximum absolute atomic E-state index is 11.3. The number of rotatable bonds is 5. The summed E-state index contributed by atoms with van der Waals surface area (Å²) in [5.74, 6) is -0.646. The fraction of sp³-hybridized carbons (Fsp3) is 0.500. The van der Waals surface area contributed by atoms with Gasteiger partial charge in [0.1, 0.15) is 0 Å². The van der Waals surface area contributed by atoms with Gasteiger partial charge >= 0.3 is 5.97 Å². The summed E-state index contributed by atoms with van der Waals surface area (Å²) in [6.07, 6.45) is 3.40. The molecule has 0 saturated heterocycles. The molecule has 1 aromatic rings. The van der Waals surface area contributed by atoms with Crippen molar-refractivity contribution >= 4 is 5.97 Å². The van der Waals surface area contributed by atoms with Crippen molar-refractivity contribution in [3.63, 3.8) is 0 Å². The van der Waals surface area contributed by atoms with Crippen LogP contribution >= 0.6 is 0 Å². The minimum absolute atomic E-state index is 0.0223. The lowest BCUT2D eigenvalue weighted by Gasteiger charge is -2.23. The molecule has 1 rings (SSSR count). The van der Waals surface area contributed by atoms with Gasteiger partial charge in [-0.3, -0.25) is 4.98 Å². The highest BCUT2D eigenvalue weighted by Gasteiger charge is 2.31. The summed E-state index contributed by atoms with van der Waals surface area (Å²) in [5.41, 5.74) is -0.476. The first kappa shape index (κ1) is 13.6. The van der Waals surface area contributed by atoms with E-state index in [1.165, 1.54) is 14.0 Å². The molecule has 5 heteroatoms. The highest BCUT2D eigenvalue weighted by Crippen LogP contribution is 2.12. The van der Waals surface area contributed by atoms with Crippen LogP contribution < -0.4 is 5.32 Å². The summed E-state index contributed by atoms with van der Waals surface area (Å²) < 4.78 is 4.51. The summed E-state index contributed by atoms with van der Waals surface area (Å²) in [7, 11) is 1.25. The van der Waals surface area contributed by atoms with Crippen LogP contribution in [0, 0.1) is 0 Å². The lowest BCUT2D eigenvalue weighted by atomic mass is 10.1. The van der Waals surface area contributed by atoms with Gasteiger partial charge in [-0.1, -0.05) is 0 Å². The van der Waals surface area contributed by atoms with Gasteiger partial charge in [-0.25, -0.2) is 4.79 Å². The van der Waals surface area contributed by atoms with Crippen molar-refractivity contribution in [2.45, 2.75) is 25.5 Å². The molecule has 1 aromatic heterocycles. The Morgan fingerprint density at radius 1 is 1.59 bits per heavy atom. The van der Waals surface area contributed by atoms with Crippen LogP contribution in [0.4, 0.5) is 0 Å². The van der Waals surface area contributed by atoms with E-state index in [0.29, 0.717) is 0 Å². The molecule has 0 radical (unpaired) electrons. The van der Waals surface area contributed by atoms with E-state index >= 15 is 0 Å². The van der Waals surface area contributed by atoms with Crippen molar-refractivity contribution < 1.29 is 14.6 Å². The molecule has 0 saturated carbocycles. The van der Waals surface area contributed by atoms with Gasteiger partial charge in [-0.2, -0.15) is 0 Å². The SMILES string of the molecule is COC(=O)C(C)(O)CNC(C)c1ccncc1. The van der Waals surface area contributed by atoms with Crippen LogP contribution in [-0.2, 0) is 9.53 Å². The number of aromatic nitrogens is 1. The normalized spacial score (nSPS) is 16.0. The summed E-state index contributed by atoms with van der Waals surface area (Å²) in [5, 5.41) is 12.9. The fourth-order valence-electron chi connectivity index (χ4n) is 1.41. The van der Waals surface area contributed by atoms with Gasteiger partial charge in [-0.15, -0.1) is 0 Å². The van der Waals surface area contributed by atoms with E-state index in [2.05, 4.69) is 15.0 Å². The van der Waals surface area contributed by atoms with Crippen molar-refractivity contribution in [3.05, 3.63) is 30.1 Å². The Bertz CT molecular complexity index is 365. The number of nitrogens with zero attached hydrogens (tertiary/aromatic N) is 1. The molecule has 0 fully saturated rings. The van der Waals surface area contributed by atoms with Crippen LogP contribution in [0.3, 0.4) is 0 Å². The summed E-state index contributed by atoms with van der Waals surface area (Å²) in [4.78, 5) is 15.2. The molecule has 2 atom stereocenters. The number of nitrogens with one attached hydrogen (secondary N) is 1. The molecule has 0 aliphatic rings. The number of esters is 1. The molecule has 0 aliphatic heterocycles. The van der Waals surface area contributed by atoms with Crippen molar-refractivity contribution in [2.24, 2.45) is 0 Å². The lowest BCUT2D eigenvalue weighted by molar-refractivity contribution is -0.160. The second-order valence-electron chi connectivity index (χ2n) is 4.15. The zero-order valence-corrected chi connectivity index (χ0v) is 10.3. The molecule has 0 amide bonds. The van der Waals surface area contributed by atoms with Crippen LogP contribution in [0.25, 0.3) is 0 Å². The highest BCUT2D eigenvalue weighted by atomic mass is 16.5. The van der Waals surface area contributed by atoms with E-state index < -0.39 is 11.6 Å². The Morgan fingerprint density at radius 3 is 2.71 bits per heavy atom. The number of ether oxygens (including phenoxy) is 1. The third-order valence-corrected chi connectivity index (χ3v) is 2.58. The van der Waals surface area contributed by atoms with Crippen LogP contribution in [0.1, 0.15) is 25.5 Å². The molecule has 2 N–H and O–H groups in total. The number of carbonyl (C=O) groups is 1. The smallest absolute Gasteiger partial charge is 0.338 e. The molecule has 94 valence electrons. The number of aliphatic hydroxyl groups is 1. The molecular formula is C12H18N2O3. The van der Waals surface area contributed by atoms with E-state index in [4.69, 9.17) is 0 Å². The van der Waals surface area contributed by atoms with E-state index in [1.807, 2.05) is 19.1 Å². The second kappa shape index (κ2) is 5.75. The Kier molecular flexibility index (Phi) is 4.60. The highest BCUT2D eigenvalue weighted by molar-refractivity contribution is 5.78. The summed E-state index contributed by atoms with van der Waals surface area (Å²) in [6.45, 7) is 3.50. The first-order valence-corrected chi connectivity index (χ1v) is 5.41. The molecular weight excluding hydrogens is 220 g/mol. The minimum atomic E-state index is -1.52. The maximum atomic E-state index is 11.3. The maximum Gasteiger partial charge on any atom is 0.338 e. The molecule has 0 aliphatic carbocycles. The van der Waals surface area contributed by atoms with E-state index in [9.17, 15) is 9.90 Å². The molecule has 2 unspecified atom stereocenters. The molecule has 0 aromatic carbocycles. The van der Waals surface area contributed by atoms with Gasteiger partial charge in [0.05, 0.1) is 7.11 Å². The van der Waals surface area contributed by atoms with E-state index in [1.54, 1.807) is 12.4 Å². The first-order valence-electron chi connectivity index (χ1n) is 5.41. The van der Waals surface area contributed by atoms with Gasteiger partial charge in [0.25, 0.3) is 0 Å². The van der Waals surface area contributed by atoms with E-state index in [-0.39, 0.29) is 12.6 Å². The van der Waals surface area contributed by atoms with Gasteiger partial charge in [0.2, 0.25) is 0 Å². The van der Waals surface area contributed by atoms with Crippen molar-refractivity contribution in [1.29, 1.82) is 0 Å². The van der Waals surface area contributed by atoms with Gasteiger partial charge in [-0.05, 0) is 31.5 Å². The quantitative estimate of drug-likeness (QED) is 0.737. The van der Waals surface area contributed by atoms with Gasteiger partial charge < -0.3 is 15.2 Å². The molecule has 0 spiro atoms. The van der Waals surface area contributed by atoms with Gasteiger partial charge in [0.15, 0.2) is 5.60 Å². The fourth-order valence-corrected chi connectivity index (χ4v) is 1.41. The van der Waals surface area contributed by atoms with Crippen LogP contribution in [0.5, 0.6) is 0 Å². The Morgan fingerprint density at radius 2 is 2.18 bits per heavy atom. The predicted molar refractivity (Wildman–Crippen MR) is 63.3 cm³/mol. The Hall–Kier alpha value is -1.46. The molecule has 0 bridgehead atoms. The van der Waals surface area contributed by atoms with Gasteiger partial charge in [0, 0.05) is 25.0 Å². The Balaban J connectivity index is 2.54. The van der Waals surface area contributed by atoms with Crippen LogP contribution in [0.2, 0.25) is 0 Å². The standard InChI is InChI=1S/C12H18N2O3/c1-9(10-4-6-13-7-5-10)14-8-12(2,16)11(15)17-3/h4-7,9,14,16H,8H2,1-3H3. The number of carbonyl (C=O) groups excluding carboxylic acids is 1. The largest absolute Gasteiger partial charge is 0.467 e. The number of pyridine rings is 1. The zero-order valence-electron chi connectivity index (χ0n) is 10.3. The minimum Gasteiger partial charge on any atom is -0.467 e. The van der Waals surface area contributed by atoms with E-state index in [0.717, 1.165) is 5.56 Å². The molecule has 17 heavy (non-hydrogen) atoms. The topological polar surface area (TPSA) is 71.5 Å². The number of hydrogen-bond donors (Lipinski definition) is 2. The summed E-state index contributed by atoms with van der Waals surface area (Å²) in [6, 6.07) is 3.78. The zero-order chi connectivity index (χ0) is 12.9. The Labute approximate surface area is 101 Å². The first-order chi connectivity index (χ1) is 7.97. The average Bonchev–Trinajstić information content (AvgIpc) is 2.36. The van der Waals surface area contributed by atoms with Crippen LogP contribution in [-0.4, -0.2) is 35.3 Å². The summed E-state index contributed by atoms with van der Waals surface area (Å²) >= 11 is 0. The van der Waals surface area contributed by atoms with Crippen molar-refractivity contribution in [3.8, 4) is 0 Å². The lowest BCUT2D eigenvalue weighted by Crippen LogP contribution is -2.46. The van der Waals surface area contributed by atoms with Crippen molar-refractivity contribution in [1.82, 2.24) is 10.3 Å². The number of methoxy groups -OCH3 is 1. The van der Waals surface area contributed by atoms with Crippen molar-refractivity contribution in [2.75, 3.05) is 13.7 Å². The number of hydrogen-bond acceptors (Lipinski definition) is 5. The second-order valence-corrected chi connectivity index (χ2v) is 4.15. The molecule has 1 heterocycles. The monoisotopic (exact) mass is 238 g/mol.